The van der Waals surface area contributed by atoms with Gasteiger partial charge in [-0.15, -0.1) is 0 Å². The first kappa shape index (κ1) is 33.6. The second kappa shape index (κ2) is 25.7. The van der Waals surface area contributed by atoms with E-state index in [1.54, 1.807) is 6.21 Å². The van der Waals surface area contributed by atoms with Crippen molar-refractivity contribution in [3.8, 4) is 0 Å². The lowest BCUT2D eigenvalue weighted by Crippen LogP contribution is -2.24. The molecule has 1 unspecified atom stereocenters. The fourth-order valence-corrected chi connectivity index (χ4v) is 4.40. The average molecular weight is 494 g/mol. The fraction of sp³-hybridized carbons (Fsp3) is 0.867. The van der Waals surface area contributed by atoms with Gasteiger partial charge in [-0.25, -0.2) is 0 Å². The second-order valence-electron chi connectivity index (χ2n) is 10.2. The molecule has 0 N–H and O–H groups in total. The molecule has 1 atom stereocenters. The first-order chi connectivity index (χ1) is 17.0. The largest absolute Gasteiger partial charge is 0.465 e. The van der Waals surface area contributed by atoms with Crippen LogP contribution in [0.5, 0.6) is 0 Å². The summed E-state index contributed by atoms with van der Waals surface area (Å²) in [5, 5.41) is 0. The average Bonchev–Trinajstić information content (AvgIpc) is 2.84. The Morgan fingerprint density at radius 2 is 1.40 bits per heavy atom. The lowest BCUT2D eigenvalue weighted by Gasteiger charge is -2.19. The molecule has 206 valence electrons. The molecule has 0 aliphatic heterocycles. The number of carbonyl (C=O) groups excluding carboxylic acids is 1. The maximum atomic E-state index is 12.5. The van der Waals surface area contributed by atoms with Crippen LogP contribution in [0, 0.1) is 5.92 Å². The molecular formula is C30H59N3O2. The zero-order valence-corrected chi connectivity index (χ0v) is 24.1. The van der Waals surface area contributed by atoms with Crippen LogP contribution in [0.1, 0.15) is 124 Å². The van der Waals surface area contributed by atoms with Crippen molar-refractivity contribution >= 4 is 12.2 Å². The molecule has 0 saturated carbocycles. The van der Waals surface area contributed by atoms with Crippen LogP contribution >= 0.6 is 0 Å². The van der Waals surface area contributed by atoms with Crippen molar-refractivity contribution in [1.82, 2.24) is 9.80 Å². The lowest BCUT2D eigenvalue weighted by atomic mass is 9.96. The van der Waals surface area contributed by atoms with E-state index >= 15 is 0 Å². The molecule has 0 bridgehead atoms. The molecule has 0 amide bonds. The third kappa shape index (κ3) is 22.8. The molecule has 0 fully saturated rings. The first-order valence-electron chi connectivity index (χ1n) is 14.7. The minimum absolute atomic E-state index is 0.0543. The number of hydrogen-bond donors (Lipinski definition) is 0. The number of carbonyl (C=O) groups is 1. The van der Waals surface area contributed by atoms with Crippen molar-refractivity contribution in [1.29, 1.82) is 0 Å². The van der Waals surface area contributed by atoms with Gasteiger partial charge >= 0.3 is 5.97 Å². The molecule has 0 aromatic heterocycles. The molecule has 5 heteroatoms. The van der Waals surface area contributed by atoms with Gasteiger partial charge in [0.25, 0.3) is 0 Å². The van der Waals surface area contributed by atoms with Gasteiger partial charge in [0.15, 0.2) is 0 Å². The number of hydrogen-bond acceptors (Lipinski definition) is 5. The summed E-state index contributed by atoms with van der Waals surface area (Å²) in [6, 6.07) is 0. The maximum Gasteiger partial charge on any atom is 0.308 e. The van der Waals surface area contributed by atoms with Crippen LogP contribution in [0.15, 0.2) is 17.4 Å². The SMILES string of the molecule is CC=N/C=C\N(C)CCCN(C)CCCCCCCOC(=O)C(CCC)CCCCCCCCC. The predicted molar refractivity (Wildman–Crippen MR) is 153 cm³/mol. The van der Waals surface area contributed by atoms with E-state index in [-0.39, 0.29) is 11.9 Å². The van der Waals surface area contributed by atoms with Crippen molar-refractivity contribution in [2.24, 2.45) is 10.9 Å². The topological polar surface area (TPSA) is 45.1 Å². The highest BCUT2D eigenvalue weighted by atomic mass is 16.5. The molecule has 0 aromatic rings. The van der Waals surface area contributed by atoms with E-state index in [2.05, 4.69) is 42.7 Å². The van der Waals surface area contributed by atoms with Crippen molar-refractivity contribution in [3.63, 3.8) is 0 Å². The third-order valence-corrected chi connectivity index (χ3v) is 6.66. The number of esters is 1. The number of rotatable bonds is 25. The summed E-state index contributed by atoms with van der Waals surface area (Å²) in [4.78, 5) is 21.2. The van der Waals surface area contributed by atoms with Gasteiger partial charge in [0.1, 0.15) is 0 Å². The Balaban J connectivity index is 3.70. The van der Waals surface area contributed by atoms with Crippen LogP contribution < -0.4 is 0 Å². The Kier molecular flexibility index (Phi) is 24.7. The molecular weight excluding hydrogens is 434 g/mol. The van der Waals surface area contributed by atoms with Gasteiger partial charge in [-0.3, -0.25) is 9.79 Å². The van der Waals surface area contributed by atoms with Gasteiger partial charge < -0.3 is 14.5 Å². The standard InChI is InChI=1S/C30H59N3O2/c1-6-9-10-11-12-14-17-22-29(21-7-2)30(34)35-28-19-16-13-15-18-24-32(4)25-20-26-33(5)27-23-31-8-3/h8,23,27,29H,6-7,9-22,24-26,28H2,1-5H3/b27-23-,31-8?. The van der Waals surface area contributed by atoms with Crippen LogP contribution in [0.2, 0.25) is 0 Å². The molecule has 0 heterocycles. The number of nitrogens with zero attached hydrogens (tertiary/aromatic N) is 3. The van der Waals surface area contributed by atoms with Crippen LogP contribution in [0.25, 0.3) is 0 Å². The second-order valence-corrected chi connectivity index (χ2v) is 10.2. The first-order valence-corrected chi connectivity index (χ1v) is 14.7. The van der Waals surface area contributed by atoms with E-state index in [4.69, 9.17) is 4.74 Å². The third-order valence-electron chi connectivity index (χ3n) is 6.66. The van der Waals surface area contributed by atoms with Gasteiger partial charge in [0, 0.05) is 32.2 Å². The summed E-state index contributed by atoms with van der Waals surface area (Å²) in [6.07, 6.45) is 24.9. The van der Waals surface area contributed by atoms with E-state index in [1.807, 2.05) is 19.3 Å². The van der Waals surface area contributed by atoms with Gasteiger partial charge in [0.2, 0.25) is 0 Å². The Morgan fingerprint density at radius 3 is 2.09 bits per heavy atom. The molecule has 0 aromatic carbocycles. The Labute approximate surface area is 218 Å². The van der Waals surface area contributed by atoms with E-state index in [0.717, 1.165) is 58.2 Å². The van der Waals surface area contributed by atoms with Crippen molar-refractivity contribution < 1.29 is 9.53 Å². The number of unbranched alkanes of at least 4 members (excludes halogenated alkanes) is 10. The number of aliphatic imine (C=N–C) groups is 1. The van der Waals surface area contributed by atoms with Gasteiger partial charge in [0.05, 0.1) is 12.5 Å². The van der Waals surface area contributed by atoms with E-state index < -0.39 is 0 Å². The van der Waals surface area contributed by atoms with Gasteiger partial charge in [-0.05, 0) is 59.2 Å². The van der Waals surface area contributed by atoms with Crippen molar-refractivity contribution in [2.75, 3.05) is 40.3 Å². The molecule has 0 radical (unpaired) electrons. The maximum absolute atomic E-state index is 12.5. The van der Waals surface area contributed by atoms with Gasteiger partial charge in [-0.2, -0.15) is 0 Å². The minimum atomic E-state index is 0.0543. The normalized spacial score (nSPS) is 12.7. The van der Waals surface area contributed by atoms with E-state index in [0.29, 0.717) is 6.61 Å². The summed E-state index contributed by atoms with van der Waals surface area (Å²) in [5.41, 5.74) is 0. The highest BCUT2D eigenvalue weighted by Gasteiger charge is 2.18. The smallest absolute Gasteiger partial charge is 0.308 e. The summed E-state index contributed by atoms with van der Waals surface area (Å²) in [7, 11) is 4.31. The van der Waals surface area contributed by atoms with Crippen LogP contribution in [0.3, 0.4) is 0 Å². The predicted octanol–water partition coefficient (Wildman–Crippen LogP) is 7.85. The lowest BCUT2D eigenvalue weighted by molar-refractivity contribution is -0.149. The molecule has 0 spiro atoms. The Hall–Kier alpha value is -1.36. The van der Waals surface area contributed by atoms with Crippen LogP contribution in [-0.4, -0.2) is 62.3 Å². The van der Waals surface area contributed by atoms with Crippen molar-refractivity contribution in [3.05, 3.63) is 12.4 Å². The summed E-state index contributed by atoms with van der Waals surface area (Å²) in [5.74, 6) is 0.172. The monoisotopic (exact) mass is 493 g/mol. The van der Waals surface area contributed by atoms with Crippen molar-refractivity contribution in [2.45, 2.75) is 124 Å². The zero-order valence-electron chi connectivity index (χ0n) is 24.1. The highest BCUT2D eigenvalue weighted by Crippen LogP contribution is 2.19. The molecule has 0 saturated heterocycles. The minimum Gasteiger partial charge on any atom is -0.465 e. The molecule has 0 aliphatic carbocycles. The Bertz CT molecular complexity index is 522. The van der Waals surface area contributed by atoms with Gasteiger partial charge in [-0.1, -0.05) is 84.5 Å². The summed E-state index contributed by atoms with van der Waals surface area (Å²) in [6.45, 7) is 10.3. The molecule has 35 heavy (non-hydrogen) atoms. The van der Waals surface area contributed by atoms with Crippen LogP contribution in [-0.2, 0) is 9.53 Å². The highest BCUT2D eigenvalue weighted by molar-refractivity contribution is 5.72. The molecule has 0 rings (SSSR count). The van der Waals surface area contributed by atoms with Crippen LogP contribution in [0.4, 0.5) is 0 Å². The quantitative estimate of drug-likeness (QED) is 0.0738. The fourth-order valence-electron chi connectivity index (χ4n) is 4.40. The number of ether oxygens (including phenoxy) is 1. The van der Waals surface area contributed by atoms with E-state index in [1.165, 1.54) is 64.2 Å². The summed E-state index contributed by atoms with van der Waals surface area (Å²) >= 11 is 0. The van der Waals surface area contributed by atoms with E-state index in [9.17, 15) is 4.79 Å². The molecule has 5 nitrogen and oxygen atoms in total. The Morgan fingerprint density at radius 1 is 0.771 bits per heavy atom. The molecule has 0 aliphatic rings. The zero-order chi connectivity index (χ0) is 26.0. The summed E-state index contributed by atoms with van der Waals surface area (Å²) < 4.78 is 5.64.